The third-order valence-electron chi connectivity index (χ3n) is 6.13. The number of halogens is 3. The van der Waals surface area contributed by atoms with Gasteiger partial charge in [-0.3, -0.25) is 0 Å². The van der Waals surface area contributed by atoms with Crippen LogP contribution in [0.15, 0.2) is 30.6 Å². The average Bonchev–Trinajstić information content (AvgIpc) is 2.78. The summed E-state index contributed by atoms with van der Waals surface area (Å²) in [6.07, 6.45) is 2.19. The maximum Gasteiger partial charge on any atom is 0.273 e. The first-order chi connectivity index (χ1) is 16.0. The second kappa shape index (κ2) is 9.01. The Balaban J connectivity index is 1.71. The monoisotopic (exact) mass is 494 g/mol. The van der Waals surface area contributed by atoms with Gasteiger partial charge in [0.2, 0.25) is 5.88 Å². The fourth-order valence-electron chi connectivity index (χ4n) is 4.26. The van der Waals surface area contributed by atoms with Gasteiger partial charge in [0.25, 0.3) is 5.92 Å². The van der Waals surface area contributed by atoms with Crippen molar-refractivity contribution in [2.24, 2.45) is 0 Å². The van der Waals surface area contributed by atoms with Gasteiger partial charge in [0, 0.05) is 18.1 Å². The number of hydrogen-bond donors (Lipinski definition) is 1. The van der Waals surface area contributed by atoms with Gasteiger partial charge in [0.15, 0.2) is 5.65 Å². The van der Waals surface area contributed by atoms with Crippen LogP contribution in [-0.2, 0) is 15.8 Å². The molecule has 0 unspecified atom stereocenters. The number of pyridine rings is 1. The van der Waals surface area contributed by atoms with E-state index in [4.69, 9.17) is 4.74 Å². The first-order valence-electron chi connectivity index (χ1n) is 10.8. The van der Waals surface area contributed by atoms with Crippen LogP contribution in [0.1, 0.15) is 55.3 Å². The number of sulfone groups is 1. The number of anilines is 1. The van der Waals surface area contributed by atoms with Crippen molar-refractivity contribution in [3.63, 3.8) is 0 Å². The maximum atomic E-state index is 14.9. The minimum atomic E-state index is -3.32. The Morgan fingerprint density at radius 1 is 1.21 bits per heavy atom. The van der Waals surface area contributed by atoms with E-state index in [-0.39, 0.29) is 23.0 Å². The standard InChI is InChI=1S/C23H25F3N4O3S/c1-13(15-5-4-6-18(19(15)24)23(2,25)26)29-20-17-11-16(14-7-9-34(31,32)10-8-14)22(33-3)30-21(17)28-12-27-20/h4-6,11-14H,7-10H2,1-3H3,(H,27,28,29,30)/t13-/m1/s1. The van der Waals surface area contributed by atoms with Crippen molar-refractivity contribution < 1.29 is 26.3 Å². The van der Waals surface area contributed by atoms with Gasteiger partial charge in [-0.25, -0.2) is 31.6 Å². The van der Waals surface area contributed by atoms with Gasteiger partial charge < -0.3 is 10.1 Å². The lowest BCUT2D eigenvalue weighted by Crippen LogP contribution is -2.22. The molecule has 0 radical (unpaired) electrons. The lowest BCUT2D eigenvalue weighted by atomic mass is 9.93. The molecule has 0 bridgehead atoms. The van der Waals surface area contributed by atoms with E-state index in [9.17, 15) is 21.6 Å². The molecule has 1 N–H and O–H groups in total. The molecule has 0 amide bonds. The van der Waals surface area contributed by atoms with E-state index in [0.29, 0.717) is 42.5 Å². The number of ether oxygens (including phenoxy) is 1. The quantitative estimate of drug-likeness (QED) is 0.529. The lowest BCUT2D eigenvalue weighted by Gasteiger charge is -2.24. The molecule has 1 aromatic carbocycles. The van der Waals surface area contributed by atoms with Gasteiger partial charge in [-0.2, -0.15) is 4.98 Å². The number of benzene rings is 1. The Morgan fingerprint density at radius 3 is 2.56 bits per heavy atom. The molecule has 1 aliphatic rings. The largest absolute Gasteiger partial charge is 0.481 e. The first kappa shape index (κ1) is 24.2. The van der Waals surface area contributed by atoms with Gasteiger partial charge in [-0.15, -0.1) is 0 Å². The topological polar surface area (TPSA) is 94.1 Å². The number of methoxy groups -OCH3 is 1. The van der Waals surface area contributed by atoms with Crippen molar-refractivity contribution in [3.8, 4) is 5.88 Å². The Hall–Kier alpha value is -2.95. The lowest BCUT2D eigenvalue weighted by molar-refractivity contribution is 0.0136. The Bertz CT molecular complexity index is 1320. The molecule has 1 saturated heterocycles. The highest BCUT2D eigenvalue weighted by molar-refractivity contribution is 7.91. The van der Waals surface area contributed by atoms with E-state index < -0.39 is 33.2 Å². The number of rotatable bonds is 6. The SMILES string of the molecule is COc1nc2ncnc(N[C@H](C)c3cccc(C(C)(F)F)c3F)c2cc1C1CCS(=O)(=O)CC1. The Morgan fingerprint density at radius 2 is 1.91 bits per heavy atom. The van der Waals surface area contributed by atoms with E-state index in [2.05, 4.69) is 20.3 Å². The average molecular weight is 495 g/mol. The van der Waals surface area contributed by atoms with Crippen LogP contribution in [0.3, 0.4) is 0 Å². The summed E-state index contributed by atoms with van der Waals surface area (Å²) < 4.78 is 71.6. The summed E-state index contributed by atoms with van der Waals surface area (Å²) in [4.78, 5) is 12.9. The van der Waals surface area contributed by atoms with Crippen LogP contribution in [0.25, 0.3) is 11.0 Å². The summed E-state index contributed by atoms with van der Waals surface area (Å²) in [5, 5.41) is 3.63. The van der Waals surface area contributed by atoms with E-state index in [1.807, 2.05) is 6.07 Å². The van der Waals surface area contributed by atoms with Crippen LogP contribution in [-0.4, -0.2) is 42.0 Å². The smallest absolute Gasteiger partial charge is 0.273 e. The molecule has 3 aromatic rings. The van der Waals surface area contributed by atoms with Gasteiger partial charge in [-0.05, 0) is 31.7 Å². The fourth-order valence-corrected chi connectivity index (χ4v) is 5.76. The molecule has 1 atom stereocenters. The highest BCUT2D eigenvalue weighted by Gasteiger charge is 2.31. The zero-order valence-corrected chi connectivity index (χ0v) is 19.8. The molecule has 4 rings (SSSR count). The number of fused-ring (bicyclic) bond motifs is 1. The van der Waals surface area contributed by atoms with Crippen LogP contribution in [0.5, 0.6) is 5.88 Å². The first-order valence-corrected chi connectivity index (χ1v) is 12.7. The Kier molecular flexibility index (Phi) is 6.41. The van der Waals surface area contributed by atoms with Crippen LogP contribution >= 0.6 is 0 Å². The van der Waals surface area contributed by atoms with Crippen molar-refractivity contribution in [2.45, 2.75) is 44.6 Å². The van der Waals surface area contributed by atoms with Gasteiger partial charge in [-0.1, -0.05) is 18.2 Å². The number of nitrogens with one attached hydrogen (secondary N) is 1. The molecule has 0 aliphatic carbocycles. The molecule has 0 spiro atoms. The number of alkyl halides is 2. The second-order valence-electron chi connectivity index (χ2n) is 8.57. The predicted octanol–water partition coefficient (Wildman–Crippen LogP) is 4.75. The molecular formula is C23H25F3N4O3S. The molecule has 3 heterocycles. The summed E-state index contributed by atoms with van der Waals surface area (Å²) in [7, 11) is -1.56. The van der Waals surface area contributed by atoms with Crippen molar-refractivity contribution in [1.29, 1.82) is 0 Å². The van der Waals surface area contributed by atoms with Crippen molar-refractivity contribution in [1.82, 2.24) is 15.0 Å². The third kappa shape index (κ3) is 4.79. The summed E-state index contributed by atoms with van der Waals surface area (Å²) in [5.74, 6) is -3.47. The normalized spacial score (nSPS) is 17.5. The van der Waals surface area contributed by atoms with Gasteiger partial charge >= 0.3 is 0 Å². The van der Waals surface area contributed by atoms with Crippen LogP contribution < -0.4 is 10.1 Å². The minimum absolute atomic E-state index is 0.0678. The molecule has 1 aliphatic heterocycles. The number of hydrogen-bond acceptors (Lipinski definition) is 7. The van der Waals surface area contributed by atoms with E-state index in [1.54, 1.807) is 6.92 Å². The highest BCUT2D eigenvalue weighted by atomic mass is 32.2. The summed E-state index contributed by atoms with van der Waals surface area (Å²) in [6.45, 7) is 2.30. The molecule has 182 valence electrons. The van der Waals surface area contributed by atoms with E-state index in [1.165, 1.54) is 25.6 Å². The molecule has 2 aromatic heterocycles. The van der Waals surface area contributed by atoms with Crippen LogP contribution in [0.2, 0.25) is 0 Å². The predicted molar refractivity (Wildman–Crippen MR) is 123 cm³/mol. The maximum absolute atomic E-state index is 14.9. The molecule has 11 heteroatoms. The van der Waals surface area contributed by atoms with Crippen molar-refractivity contribution in [3.05, 3.63) is 53.1 Å². The summed E-state index contributed by atoms with van der Waals surface area (Å²) in [6, 6.07) is 5.03. The Labute approximate surface area is 195 Å². The van der Waals surface area contributed by atoms with Crippen molar-refractivity contribution >= 4 is 26.7 Å². The van der Waals surface area contributed by atoms with Gasteiger partial charge in [0.05, 0.1) is 35.6 Å². The van der Waals surface area contributed by atoms with E-state index in [0.717, 1.165) is 11.6 Å². The number of nitrogens with zero attached hydrogens (tertiary/aromatic N) is 3. The summed E-state index contributed by atoms with van der Waals surface area (Å²) >= 11 is 0. The van der Waals surface area contributed by atoms with E-state index >= 15 is 0 Å². The number of aromatic nitrogens is 3. The molecule has 34 heavy (non-hydrogen) atoms. The zero-order chi connectivity index (χ0) is 24.7. The third-order valence-corrected chi connectivity index (χ3v) is 7.84. The molecule has 1 fully saturated rings. The minimum Gasteiger partial charge on any atom is -0.481 e. The summed E-state index contributed by atoms with van der Waals surface area (Å²) in [5.41, 5.74) is 0.481. The van der Waals surface area contributed by atoms with Crippen molar-refractivity contribution in [2.75, 3.05) is 23.9 Å². The van der Waals surface area contributed by atoms with Crippen LogP contribution in [0.4, 0.5) is 19.0 Å². The molecule has 0 saturated carbocycles. The zero-order valence-electron chi connectivity index (χ0n) is 19.0. The second-order valence-corrected chi connectivity index (χ2v) is 10.9. The van der Waals surface area contributed by atoms with Crippen LogP contribution in [0, 0.1) is 5.82 Å². The van der Waals surface area contributed by atoms with Gasteiger partial charge in [0.1, 0.15) is 27.8 Å². The molecular weight excluding hydrogens is 469 g/mol. The molecule has 7 nitrogen and oxygen atoms in total. The fraction of sp³-hybridized carbons (Fsp3) is 0.435. The highest BCUT2D eigenvalue weighted by Crippen LogP contribution is 2.38.